The highest BCUT2D eigenvalue weighted by atomic mass is 19.1. The van der Waals surface area contributed by atoms with Crippen molar-refractivity contribution in [1.29, 1.82) is 0 Å². The van der Waals surface area contributed by atoms with Gasteiger partial charge in [-0.3, -0.25) is 19.3 Å². The van der Waals surface area contributed by atoms with Gasteiger partial charge in [0.05, 0.1) is 7.11 Å². The van der Waals surface area contributed by atoms with E-state index in [-0.39, 0.29) is 18.8 Å². The smallest absolute Gasteiger partial charge is 0.334 e. The van der Waals surface area contributed by atoms with Gasteiger partial charge in [0.25, 0.3) is 0 Å². The Morgan fingerprint density at radius 2 is 1.89 bits per heavy atom. The number of benzene rings is 1. The van der Waals surface area contributed by atoms with Crippen LogP contribution in [0, 0.1) is 5.82 Å². The first-order chi connectivity index (χ1) is 12.7. The molecular formula is C18H22FN3O5. The quantitative estimate of drug-likeness (QED) is 0.528. The Balaban J connectivity index is 2.11. The summed E-state index contributed by atoms with van der Waals surface area (Å²) < 4.78 is 18.7. The fourth-order valence-corrected chi connectivity index (χ4v) is 2.76. The van der Waals surface area contributed by atoms with E-state index in [2.05, 4.69) is 0 Å². The van der Waals surface area contributed by atoms with Crippen LogP contribution < -0.4 is 4.74 Å². The van der Waals surface area contributed by atoms with E-state index in [4.69, 9.17) is 4.74 Å². The number of carbonyl (C=O) groups is 4. The van der Waals surface area contributed by atoms with Gasteiger partial charge >= 0.3 is 17.8 Å². The van der Waals surface area contributed by atoms with E-state index in [1.807, 2.05) is 0 Å². The molecule has 0 bridgehead atoms. The van der Waals surface area contributed by atoms with Crippen molar-refractivity contribution in [2.24, 2.45) is 0 Å². The SMILES string of the molecule is CCN(Cc1ccc(OC)c(F)c1)C(=O)CN1C(=O)C(=O)N(C(C)C)C1=O. The van der Waals surface area contributed by atoms with E-state index in [0.29, 0.717) is 10.5 Å². The van der Waals surface area contributed by atoms with Gasteiger partial charge in [-0.25, -0.2) is 14.1 Å². The highest BCUT2D eigenvalue weighted by Crippen LogP contribution is 2.19. The van der Waals surface area contributed by atoms with E-state index < -0.39 is 42.2 Å². The molecule has 1 fully saturated rings. The van der Waals surface area contributed by atoms with Crippen molar-refractivity contribution in [1.82, 2.24) is 14.7 Å². The second kappa shape index (κ2) is 8.15. The van der Waals surface area contributed by atoms with Gasteiger partial charge in [-0.2, -0.15) is 0 Å². The van der Waals surface area contributed by atoms with E-state index in [9.17, 15) is 23.6 Å². The van der Waals surface area contributed by atoms with Crippen LogP contribution in [0.3, 0.4) is 0 Å². The topological polar surface area (TPSA) is 87.2 Å². The maximum atomic E-state index is 13.8. The molecule has 0 aliphatic carbocycles. The van der Waals surface area contributed by atoms with E-state index in [1.54, 1.807) is 26.8 Å². The number of likely N-dealkylation sites (N-methyl/N-ethyl adjacent to an activating group) is 1. The third kappa shape index (κ3) is 4.07. The average Bonchev–Trinajstić information content (AvgIpc) is 2.83. The first-order valence-corrected chi connectivity index (χ1v) is 8.50. The van der Waals surface area contributed by atoms with E-state index in [0.717, 1.165) is 4.90 Å². The van der Waals surface area contributed by atoms with Crippen molar-refractivity contribution in [2.45, 2.75) is 33.4 Å². The summed E-state index contributed by atoms with van der Waals surface area (Å²) in [6, 6.07) is 3.03. The summed E-state index contributed by atoms with van der Waals surface area (Å²) >= 11 is 0. The summed E-state index contributed by atoms with van der Waals surface area (Å²) in [4.78, 5) is 51.6. The number of hydrogen-bond donors (Lipinski definition) is 0. The van der Waals surface area contributed by atoms with Gasteiger partial charge in [-0.15, -0.1) is 0 Å². The number of carbonyl (C=O) groups excluding carboxylic acids is 4. The third-order valence-corrected chi connectivity index (χ3v) is 4.22. The van der Waals surface area contributed by atoms with Crippen LogP contribution in [0.4, 0.5) is 9.18 Å². The zero-order valence-electron chi connectivity index (χ0n) is 15.7. The molecular weight excluding hydrogens is 357 g/mol. The standard InChI is InChI=1S/C18H22FN3O5/c1-5-20(9-12-6-7-14(27-4)13(19)8-12)15(23)10-21-16(24)17(25)22(11(2)3)18(21)26/h6-8,11H,5,9-10H2,1-4H3. The third-order valence-electron chi connectivity index (χ3n) is 4.22. The van der Waals surface area contributed by atoms with Gasteiger partial charge in [-0.05, 0) is 38.5 Å². The zero-order valence-corrected chi connectivity index (χ0v) is 15.7. The molecule has 2 rings (SSSR count). The monoisotopic (exact) mass is 379 g/mol. The lowest BCUT2D eigenvalue weighted by Gasteiger charge is -2.24. The zero-order chi connectivity index (χ0) is 20.3. The number of halogens is 1. The molecule has 0 N–H and O–H groups in total. The first kappa shape index (κ1) is 20.3. The molecule has 1 aliphatic heterocycles. The predicted octanol–water partition coefficient (Wildman–Crippen LogP) is 1.38. The van der Waals surface area contributed by atoms with Crippen LogP contribution in [0.1, 0.15) is 26.3 Å². The van der Waals surface area contributed by atoms with Crippen LogP contribution in [0.5, 0.6) is 5.75 Å². The Labute approximate surface area is 156 Å². The van der Waals surface area contributed by atoms with Crippen LogP contribution in [0.15, 0.2) is 18.2 Å². The van der Waals surface area contributed by atoms with Gasteiger partial charge in [-0.1, -0.05) is 6.07 Å². The highest BCUT2D eigenvalue weighted by molar-refractivity contribution is 6.45. The fraction of sp³-hybridized carbons (Fsp3) is 0.444. The van der Waals surface area contributed by atoms with Crippen LogP contribution in [-0.2, 0) is 20.9 Å². The largest absolute Gasteiger partial charge is 0.494 e. The molecule has 1 aromatic rings. The molecule has 0 unspecified atom stereocenters. The van der Waals surface area contributed by atoms with Crippen molar-refractivity contribution in [3.05, 3.63) is 29.6 Å². The lowest BCUT2D eigenvalue weighted by Crippen LogP contribution is -2.44. The molecule has 146 valence electrons. The van der Waals surface area contributed by atoms with Crippen molar-refractivity contribution >= 4 is 23.8 Å². The van der Waals surface area contributed by atoms with Gasteiger partial charge in [0.15, 0.2) is 11.6 Å². The maximum Gasteiger partial charge on any atom is 0.334 e. The second-order valence-corrected chi connectivity index (χ2v) is 6.32. The van der Waals surface area contributed by atoms with Gasteiger partial charge in [0.2, 0.25) is 5.91 Å². The molecule has 5 amide bonds. The van der Waals surface area contributed by atoms with E-state index in [1.165, 1.54) is 24.1 Å². The first-order valence-electron chi connectivity index (χ1n) is 8.50. The molecule has 27 heavy (non-hydrogen) atoms. The lowest BCUT2D eigenvalue weighted by molar-refractivity contribution is -0.145. The number of rotatable bonds is 7. The van der Waals surface area contributed by atoms with Gasteiger partial charge < -0.3 is 9.64 Å². The summed E-state index contributed by atoms with van der Waals surface area (Å²) in [5, 5.41) is 0. The van der Waals surface area contributed by atoms with Crippen LogP contribution >= 0.6 is 0 Å². The summed E-state index contributed by atoms with van der Waals surface area (Å²) in [5.74, 6) is -2.94. The number of ether oxygens (including phenoxy) is 1. The molecule has 1 aliphatic rings. The van der Waals surface area contributed by atoms with E-state index >= 15 is 0 Å². The number of nitrogens with zero attached hydrogens (tertiary/aromatic N) is 3. The molecule has 0 aromatic heterocycles. The van der Waals surface area contributed by atoms with Crippen LogP contribution in [0.2, 0.25) is 0 Å². The summed E-state index contributed by atoms with van der Waals surface area (Å²) in [6.45, 7) is 4.75. The molecule has 1 heterocycles. The lowest BCUT2D eigenvalue weighted by atomic mass is 10.2. The molecule has 0 spiro atoms. The Morgan fingerprint density at radius 1 is 1.22 bits per heavy atom. The normalized spacial score (nSPS) is 14.4. The van der Waals surface area contributed by atoms with Gasteiger partial charge in [0.1, 0.15) is 6.54 Å². The van der Waals surface area contributed by atoms with Crippen molar-refractivity contribution in [3.63, 3.8) is 0 Å². The Morgan fingerprint density at radius 3 is 2.37 bits per heavy atom. The molecule has 0 saturated carbocycles. The van der Waals surface area contributed by atoms with Gasteiger partial charge in [0, 0.05) is 19.1 Å². The Hall–Kier alpha value is -2.97. The predicted molar refractivity (Wildman–Crippen MR) is 93.1 cm³/mol. The maximum absolute atomic E-state index is 13.8. The summed E-state index contributed by atoms with van der Waals surface area (Å²) in [7, 11) is 1.35. The Bertz CT molecular complexity index is 780. The number of hydrogen-bond acceptors (Lipinski definition) is 5. The number of amides is 5. The van der Waals surface area contributed by atoms with Crippen molar-refractivity contribution < 1.29 is 28.3 Å². The summed E-state index contributed by atoms with van der Waals surface area (Å²) in [5.41, 5.74) is 0.530. The van der Waals surface area contributed by atoms with Crippen LogP contribution in [0.25, 0.3) is 0 Å². The summed E-state index contributed by atoms with van der Waals surface area (Å²) in [6.07, 6.45) is 0. The number of urea groups is 1. The molecule has 0 radical (unpaired) electrons. The average molecular weight is 379 g/mol. The minimum Gasteiger partial charge on any atom is -0.494 e. The molecule has 8 nitrogen and oxygen atoms in total. The minimum atomic E-state index is -1.02. The van der Waals surface area contributed by atoms with Crippen molar-refractivity contribution in [2.75, 3.05) is 20.2 Å². The molecule has 1 saturated heterocycles. The van der Waals surface area contributed by atoms with Crippen LogP contribution in [-0.4, -0.2) is 64.7 Å². The fourth-order valence-electron chi connectivity index (χ4n) is 2.76. The molecule has 0 atom stereocenters. The second-order valence-electron chi connectivity index (χ2n) is 6.32. The van der Waals surface area contributed by atoms with Crippen molar-refractivity contribution in [3.8, 4) is 5.75 Å². The molecule has 9 heteroatoms. The molecule has 1 aromatic carbocycles. The number of imide groups is 2. The minimum absolute atomic E-state index is 0.0914. The Kier molecular flexibility index (Phi) is 6.14. The number of methoxy groups -OCH3 is 1. The highest BCUT2D eigenvalue weighted by Gasteiger charge is 2.46.